The molecule has 1 aliphatic rings. The number of anilines is 2. The molecule has 18 heavy (non-hydrogen) atoms. The Morgan fingerprint density at radius 2 is 1.78 bits per heavy atom. The Morgan fingerprint density at radius 1 is 1.17 bits per heavy atom. The van der Waals surface area contributed by atoms with Crippen molar-refractivity contribution in [3.63, 3.8) is 0 Å². The lowest BCUT2D eigenvalue weighted by atomic mass is 10.2. The van der Waals surface area contributed by atoms with Crippen LogP contribution in [-0.2, 0) is 9.84 Å². The lowest BCUT2D eigenvalue weighted by Gasteiger charge is -2.29. The van der Waals surface area contributed by atoms with Crippen LogP contribution in [-0.4, -0.2) is 50.0 Å². The van der Waals surface area contributed by atoms with Crippen LogP contribution in [0.3, 0.4) is 0 Å². The maximum absolute atomic E-state index is 11.4. The minimum atomic E-state index is -2.86. The van der Waals surface area contributed by atoms with Crippen LogP contribution < -0.4 is 10.2 Å². The van der Waals surface area contributed by atoms with Gasteiger partial charge >= 0.3 is 0 Å². The molecule has 1 fully saturated rings. The third-order valence-corrected chi connectivity index (χ3v) is 4.72. The van der Waals surface area contributed by atoms with Gasteiger partial charge < -0.3 is 10.2 Å². The summed E-state index contributed by atoms with van der Waals surface area (Å²) < 4.78 is 22.9. The molecule has 2 rings (SSSR count). The highest BCUT2D eigenvalue weighted by atomic mass is 32.2. The first-order valence-electron chi connectivity index (χ1n) is 5.91. The van der Waals surface area contributed by atoms with Gasteiger partial charge in [-0.05, 0) is 13.8 Å². The normalized spacial score (nSPS) is 18.7. The van der Waals surface area contributed by atoms with Crippen molar-refractivity contribution >= 4 is 21.5 Å². The van der Waals surface area contributed by atoms with Crippen LogP contribution in [0.25, 0.3) is 0 Å². The van der Waals surface area contributed by atoms with Crippen LogP contribution >= 0.6 is 0 Å². The fourth-order valence-electron chi connectivity index (χ4n) is 2.09. The van der Waals surface area contributed by atoms with E-state index in [9.17, 15) is 8.42 Å². The van der Waals surface area contributed by atoms with Gasteiger partial charge in [-0.25, -0.2) is 18.4 Å². The molecule has 1 aromatic heterocycles. The zero-order valence-corrected chi connectivity index (χ0v) is 11.7. The van der Waals surface area contributed by atoms with E-state index in [1.54, 1.807) is 0 Å². The van der Waals surface area contributed by atoms with Gasteiger partial charge in [-0.2, -0.15) is 0 Å². The molecule has 0 amide bonds. The number of nitrogens with one attached hydrogen (secondary N) is 1. The first-order chi connectivity index (χ1) is 8.43. The topological polar surface area (TPSA) is 75.2 Å². The first kappa shape index (κ1) is 13.1. The second-order valence-electron chi connectivity index (χ2n) is 4.46. The average molecular weight is 270 g/mol. The lowest BCUT2D eigenvalue weighted by molar-refractivity contribution is 0.586. The van der Waals surface area contributed by atoms with Gasteiger partial charge in [-0.1, -0.05) is 0 Å². The zero-order chi connectivity index (χ0) is 13.3. The van der Waals surface area contributed by atoms with Gasteiger partial charge in [0.05, 0.1) is 11.5 Å². The minimum Gasteiger partial charge on any atom is -0.373 e. The molecule has 0 aromatic carbocycles. The number of aryl methyl sites for hydroxylation is 1. The van der Waals surface area contributed by atoms with Crippen LogP contribution in [0.5, 0.6) is 0 Å². The van der Waals surface area contributed by atoms with Crippen LogP contribution in [0.15, 0.2) is 0 Å². The fraction of sp³-hybridized carbons (Fsp3) is 0.636. The van der Waals surface area contributed by atoms with Gasteiger partial charge in [0.1, 0.15) is 17.5 Å². The van der Waals surface area contributed by atoms with Gasteiger partial charge in [0.15, 0.2) is 9.84 Å². The second-order valence-corrected chi connectivity index (χ2v) is 6.76. The van der Waals surface area contributed by atoms with E-state index < -0.39 is 9.84 Å². The molecule has 1 N–H and O–H groups in total. The van der Waals surface area contributed by atoms with E-state index in [-0.39, 0.29) is 11.5 Å². The predicted octanol–water partition coefficient (Wildman–Crippen LogP) is 0.370. The van der Waals surface area contributed by atoms with Crippen molar-refractivity contribution in [3.05, 3.63) is 11.4 Å². The molecule has 1 saturated heterocycles. The number of sulfone groups is 1. The Labute approximate surface area is 107 Å². The smallest absolute Gasteiger partial charge is 0.153 e. The van der Waals surface area contributed by atoms with Crippen molar-refractivity contribution < 1.29 is 8.42 Å². The molecule has 100 valence electrons. The Morgan fingerprint density at radius 3 is 2.33 bits per heavy atom. The van der Waals surface area contributed by atoms with Crippen molar-refractivity contribution in [1.82, 2.24) is 9.97 Å². The maximum Gasteiger partial charge on any atom is 0.153 e. The summed E-state index contributed by atoms with van der Waals surface area (Å²) >= 11 is 0. The van der Waals surface area contributed by atoms with Crippen molar-refractivity contribution in [3.8, 4) is 0 Å². The number of hydrogen-bond acceptors (Lipinski definition) is 6. The molecule has 0 unspecified atom stereocenters. The van der Waals surface area contributed by atoms with E-state index in [1.165, 1.54) is 0 Å². The molecule has 6 nitrogen and oxygen atoms in total. The summed E-state index contributed by atoms with van der Waals surface area (Å²) in [5.74, 6) is 2.72. The third kappa shape index (κ3) is 2.55. The standard InChI is InChI=1S/C11H18N4O2S/c1-8-10(12-3)13-9(2)14-11(8)15-4-6-18(16,17)7-5-15/h4-7H2,1-3H3,(H,12,13,14). The minimum absolute atomic E-state index is 0.199. The molecule has 0 spiro atoms. The summed E-state index contributed by atoms with van der Waals surface area (Å²) in [4.78, 5) is 10.8. The third-order valence-electron chi connectivity index (χ3n) is 3.11. The number of aromatic nitrogens is 2. The van der Waals surface area contributed by atoms with Gasteiger partial charge in [0.2, 0.25) is 0 Å². The van der Waals surface area contributed by atoms with E-state index in [0.29, 0.717) is 18.9 Å². The van der Waals surface area contributed by atoms with Crippen LogP contribution in [0, 0.1) is 13.8 Å². The largest absolute Gasteiger partial charge is 0.373 e. The van der Waals surface area contributed by atoms with Gasteiger partial charge in [0.25, 0.3) is 0 Å². The molecule has 0 atom stereocenters. The van der Waals surface area contributed by atoms with Crippen molar-refractivity contribution in [2.45, 2.75) is 13.8 Å². The number of rotatable bonds is 2. The molecule has 0 aliphatic carbocycles. The highest BCUT2D eigenvalue weighted by Gasteiger charge is 2.24. The van der Waals surface area contributed by atoms with Gasteiger partial charge in [0, 0.05) is 25.7 Å². The summed E-state index contributed by atoms with van der Waals surface area (Å²) in [6.45, 7) is 4.79. The van der Waals surface area contributed by atoms with Crippen LogP contribution in [0.4, 0.5) is 11.6 Å². The maximum atomic E-state index is 11.4. The Balaban J connectivity index is 2.32. The highest BCUT2D eigenvalue weighted by Crippen LogP contribution is 2.24. The van der Waals surface area contributed by atoms with Crippen LogP contribution in [0.1, 0.15) is 11.4 Å². The Bertz CT molecular complexity index is 542. The molecule has 0 radical (unpaired) electrons. The second kappa shape index (κ2) is 4.72. The SMILES string of the molecule is CNc1nc(C)nc(N2CCS(=O)(=O)CC2)c1C. The quantitative estimate of drug-likeness (QED) is 0.837. The number of nitrogens with zero attached hydrogens (tertiary/aromatic N) is 3. The molecule has 1 aromatic rings. The van der Waals surface area contributed by atoms with Gasteiger partial charge in [-0.3, -0.25) is 0 Å². The van der Waals surface area contributed by atoms with Gasteiger partial charge in [-0.15, -0.1) is 0 Å². The molecule has 2 heterocycles. The van der Waals surface area contributed by atoms with Crippen molar-refractivity contribution in [2.24, 2.45) is 0 Å². The van der Waals surface area contributed by atoms with E-state index in [2.05, 4.69) is 15.3 Å². The molecule has 7 heteroatoms. The average Bonchev–Trinajstić information content (AvgIpc) is 2.32. The monoisotopic (exact) mass is 270 g/mol. The predicted molar refractivity (Wildman–Crippen MR) is 71.9 cm³/mol. The van der Waals surface area contributed by atoms with Crippen molar-refractivity contribution in [1.29, 1.82) is 0 Å². The summed E-state index contributed by atoms with van der Waals surface area (Å²) in [6, 6.07) is 0. The number of hydrogen-bond donors (Lipinski definition) is 1. The van der Waals surface area contributed by atoms with E-state index >= 15 is 0 Å². The van der Waals surface area contributed by atoms with E-state index in [1.807, 2.05) is 25.8 Å². The Kier molecular flexibility index (Phi) is 3.43. The fourth-order valence-corrected chi connectivity index (χ4v) is 3.29. The molecular formula is C11H18N4O2S. The van der Waals surface area contributed by atoms with E-state index in [0.717, 1.165) is 17.2 Å². The molecule has 1 aliphatic heterocycles. The molecular weight excluding hydrogens is 252 g/mol. The summed E-state index contributed by atoms with van der Waals surface area (Å²) in [5, 5.41) is 3.04. The van der Waals surface area contributed by atoms with Crippen molar-refractivity contribution in [2.75, 3.05) is 41.9 Å². The summed E-state index contributed by atoms with van der Waals surface area (Å²) in [6.07, 6.45) is 0. The first-order valence-corrected chi connectivity index (χ1v) is 7.73. The van der Waals surface area contributed by atoms with E-state index in [4.69, 9.17) is 0 Å². The summed E-state index contributed by atoms with van der Waals surface area (Å²) in [7, 11) is -1.04. The Hall–Kier alpha value is -1.37. The summed E-state index contributed by atoms with van der Waals surface area (Å²) in [5.41, 5.74) is 0.961. The highest BCUT2D eigenvalue weighted by molar-refractivity contribution is 7.91. The molecule has 0 saturated carbocycles. The molecule has 0 bridgehead atoms. The zero-order valence-electron chi connectivity index (χ0n) is 10.9. The lowest BCUT2D eigenvalue weighted by Crippen LogP contribution is -2.41. The van der Waals surface area contributed by atoms with Crippen LogP contribution in [0.2, 0.25) is 0 Å².